The minimum Gasteiger partial charge on any atom is -0.194 e. The van der Waals surface area contributed by atoms with Gasteiger partial charge in [-0.1, -0.05) is 32.0 Å². The summed E-state index contributed by atoms with van der Waals surface area (Å²) in [5, 5.41) is 0. The summed E-state index contributed by atoms with van der Waals surface area (Å²) in [7, 11) is 0. The van der Waals surface area contributed by atoms with E-state index in [1.807, 2.05) is 0 Å². The molecule has 1 aromatic rings. The lowest BCUT2D eigenvalue weighted by Crippen LogP contribution is -2.50. The molecule has 0 unspecified atom stereocenters. The maximum Gasteiger partial charge on any atom is 0.460 e. The average Bonchev–Trinajstić information content (AvgIpc) is 2.27. The summed E-state index contributed by atoms with van der Waals surface area (Å²) >= 11 is 0. The Morgan fingerprint density at radius 3 is 1.84 bits per heavy atom. The van der Waals surface area contributed by atoms with E-state index in [1.165, 1.54) is 6.07 Å². The van der Waals surface area contributed by atoms with Crippen LogP contribution in [0.2, 0.25) is 0 Å². The van der Waals surface area contributed by atoms with E-state index >= 15 is 0 Å². The highest BCUT2D eigenvalue weighted by atomic mass is 19.4. The molecule has 0 atom stereocenters. The van der Waals surface area contributed by atoms with Crippen LogP contribution in [-0.2, 0) is 5.92 Å². The Bertz CT molecular complexity index is 446. The second-order valence-corrected chi connectivity index (χ2v) is 4.43. The van der Waals surface area contributed by atoms with Crippen LogP contribution < -0.4 is 0 Å². The lowest BCUT2D eigenvalue weighted by Gasteiger charge is -2.28. The van der Waals surface area contributed by atoms with Gasteiger partial charge in [0.05, 0.1) is 0 Å². The number of halogens is 7. The average molecular weight is 288 g/mol. The second-order valence-electron chi connectivity index (χ2n) is 4.43. The van der Waals surface area contributed by atoms with Crippen molar-refractivity contribution >= 4 is 0 Å². The standard InChI is InChI=1S/C12H11F7/c1-7(2)8-4-3-5-9(6-8)10(13,14)11(15,16)12(17,18)19/h3-7H,1-2H3. The summed E-state index contributed by atoms with van der Waals surface area (Å²) in [5.74, 6) is -11.7. The highest BCUT2D eigenvalue weighted by Gasteiger charge is 2.73. The number of rotatable bonds is 3. The highest BCUT2D eigenvalue weighted by Crippen LogP contribution is 2.51. The fourth-order valence-electron chi connectivity index (χ4n) is 1.45. The lowest BCUT2D eigenvalue weighted by atomic mass is 9.95. The molecule has 7 heteroatoms. The van der Waals surface area contributed by atoms with E-state index < -0.39 is 23.6 Å². The van der Waals surface area contributed by atoms with Crippen molar-refractivity contribution in [1.29, 1.82) is 0 Å². The van der Waals surface area contributed by atoms with Gasteiger partial charge in [0.2, 0.25) is 0 Å². The van der Waals surface area contributed by atoms with Crippen LogP contribution in [0.4, 0.5) is 30.7 Å². The van der Waals surface area contributed by atoms with Gasteiger partial charge in [-0.25, -0.2) is 0 Å². The van der Waals surface area contributed by atoms with Crippen molar-refractivity contribution in [3.05, 3.63) is 35.4 Å². The number of hydrogen-bond donors (Lipinski definition) is 0. The van der Waals surface area contributed by atoms with E-state index in [2.05, 4.69) is 0 Å². The minimum atomic E-state index is -6.32. The number of hydrogen-bond acceptors (Lipinski definition) is 0. The third kappa shape index (κ3) is 2.69. The minimum absolute atomic E-state index is 0.259. The Balaban J connectivity index is 3.31. The Hall–Kier alpha value is -1.27. The van der Waals surface area contributed by atoms with Crippen molar-refractivity contribution in [3.63, 3.8) is 0 Å². The van der Waals surface area contributed by atoms with Crippen LogP contribution in [-0.4, -0.2) is 12.1 Å². The van der Waals surface area contributed by atoms with Crippen LogP contribution in [0.1, 0.15) is 30.9 Å². The Morgan fingerprint density at radius 1 is 0.895 bits per heavy atom. The predicted octanol–water partition coefficient (Wildman–Crippen LogP) is 5.10. The largest absolute Gasteiger partial charge is 0.460 e. The van der Waals surface area contributed by atoms with E-state index in [0.717, 1.165) is 6.07 Å². The molecule has 0 aliphatic rings. The number of benzene rings is 1. The molecule has 0 saturated heterocycles. The quantitative estimate of drug-likeness (QED) is 0.679. The van der Waals surface area contributed by atoms with Gasteiger partial charge in [0.1, 0.15) is 0 Å². The molecule has 0 bridgehead atoms. The van der Waals surface area contributed by atoms with Gasteiger partial charge in [-0.15, -0.1) is 0 Å². The maximum atomic E-state index is 13.4. The maximum absolute atomic E-state index is 13.4. The molecule has 19 heavy (non-hydrogen) atoms. The summed E-state index contributed by atoms with van der Waals surface area (Å²) in [5.41, 5.74) is -1.09. The SMILES string of the molecule is CC(C)c1cccc(C(F)(F)C(F)(F)C(F)(F)F)c1. The fourth-order valence-corrected chi connectivity index (χ4v) is 1.45. The summed E-state index contributed by atoms with van der Waals surface area (Å²) in [6.07, 6.45) is -6.32. The molecule has 0 radical (unpaired) electrons. The Kier molecular flexibility index (Phi) is 3.89. The van der Waals surface area contributed by atoms with Crippen molar-refractivity contribution in [2.24, 2.45) is 0 Å². The van der Waals surface area contributed by atoms with Crippen molar-refractivity contribution < 1.29 is 30.7 Å². The summed E-state index contributed by atoms with van der Waals surface area (Å²) in [6.45, 7) is 3.22. The summed E-state index contributed by atoms with van der Waals surface area (Å²) in [4.78, 5) is 0. The van der Waals surface area contributed by atoms with Gasteiger partial charge in [0.15, 0.2) is 0 Å². The third-order valence-corrected chi connectivity index (χ3v) is 2.67. The smallest absolute Gasteiger partial charge is 0.194 e. The fraction of sp³-hybridized carbons (Fsp3) is 0.500. The Labute approximate surface area is 105 Å². The first-order chi connectivity index (χ1) is 8.41. The van der Waals surface area contributed by atoms with Crippen molar-refractivity contribution in [1.82, 2.24) is 0 Å². The van der Waals surface area contributed by atoms with E-state index in [4.69, 9.17) is 0 Å². The van der Waals surface area contributed by atoms with Gasteiger partial charge in [-0.3, -0.25) is 0 Å². The van der Waals surface area contributed by atoms with Gasteiger partial charge in [-0.2, -0.15) is 30.7 Å². The van der Waals surface area contributed by atoms with Crippen molar-refractivity contribution in [2.75, 3.05) is 0 Å². The molecule has 0 nitrogen and oxygen atoms in total. The third-order valence-electron chi connectivity index (χ3n) is 2.67. The monoisotopic (exact) mass is 288 g/mol. The zero-order valence-corrected chi connectivity index (χ0v) is 10.0. The first kappa shape index (κ1) is 15.8. The second kappa shape index (κ2) is 4.68. The molecule has 0 heterocycles. The normalized spacial score (nSPS) is 14.0. The van der Waals surface area contributed by atoms with Gasteiger partial charge in [-0.05, 0) is 17.5 Å². The zero-order chi connectivity index (χ0) is 15.1. The summed E-state index contributed by atoms with van der Waals surface area (Å²) < 4.78 is 88.6. The van der Waals surface area contributed by atoms with Crippen molar-refractivity contribution in [2.45, 2.75) is 37.8 Å². The molecule has 0 N–H and O–H groups in total. The molecule has 0 aliphatic heterocycles. The molecular formula is C12H11F7. The van der Waals surface area contributed by atoms with Crippen LogP contribution in [0.5, 0.6) is 0 Å². The first-order valence-electron chi connectivity index (χ1n) is 5.34. The lowest BCUT2D eigenvalue weighted by molar-refractivity contribution is -0.359. The van der Waals surface area contributed by atoms with E-state index in [1.54, 1.807) is 13.8 Å². The zero-order valence-electron chi connectivity index (χ0n) is 10.0. The van der Waals surface area contributed by atoms with Gasteiger partial charge >= 0.3 is 18.0 Å². The molecule has 0 spiro atoms. The van der Waals surface area contributed by atoms with Crippen LogP contribution in [0.25, 0.3) is 0 Å². The van der Waals surface area contributed by atoms with Gasteiger partial charge < -0.3 is 0 Å². The van der Waals surface area contributed by atoms with Crippen LogP contribution in [0.3, 0.4) is 0 Å². The molecule has 0 aliphatic carbocycles. The van der Waals surface area contributed by atoms with E-state index in [0.29, 0.717) is 12.1 Å². The van der Waals surface area contributed by atoms with Gasteiger partial charge in [0.25, 0.3) is 0 Å². The van der Waals surface area contributed by atoms with Crippen LogP contribution >= 0.6 is 0 Å². The predicted molar refractivity (Wildman–Crippen MR) is 55.4 cm³/mol. The Morgan fingerprint density at radius 2 is 1.42 bits per heavy atom. The highest BCUT2D eigenvalue weighted by molar-refractivity contribution is 5.30. The molecule has 0 saturated carbocycles. The molecule has 108 valence electrons. The molecule has 0 fully saturated rings. The van der Waals surface area contributed by atoms with E-state index in [9.17, 15) is 30.7 Å². The van der Waals surface area contributed by atoms with Crippen molar-refractivity contribution in [3.8, 4) is 0 Å². The number of alkyl halides is 7. The topological polar surface area (TPSA) is 0 Å². The summed E-state index contributed by atoms with van der Waals surface area (Å²) in [6, 6.07) is 3.65. The van der Waals surface area contributed by atoms with Gasteiger partial charge in [0, 0.05) is 5.56 Å². The molecule has 1 rings (SSSR count). The van der Waals surface area contributed by atoms with Crippen LogP contribution in [0, 0.1) is 0 Å². The molecule has 0 amide bonds. The molecule has 0 aromatic heterocycles. The van der Waals surface area contributed by atoms with Crippen LogP contribution in [0.15, 0.2) is 24.3 Å². The molecular weight excluding hydrogens is 277 g/mol. The first-order valence-corrected chi connectivity index (χ1v) is 5.34. The molecule has 1 aromatic carbocycles. The van der Waals surface area contributed by atoms with E-state index in [-0.39, 0.29) is 11.5 Å².